The van der Waals surface area contributed by atoms with Crippen molar-refractivity contribution in [2.75, 3.05) is 19.7 Å². The summed E-state index contributed by atoms with van der Waals surface area (Å²) in [5.41, 5.74) is 0.994. The van der Waals surface area contributed by atoms with Crippen LogP contribution in [0.4, 0.5) is 0 Å². The summed E-state index contributed by atoms with van der Waals surface area (Å²) in [4.78, 5) is 11.0. The first kappa shape index (κ1) is 14.4. The Morgan fingerprint density at radius 1 is 1.47 bits per heavy atom. The van der Waals surface area contributed by atoms with Gasteiger partial charge in [-0.15, -0.1) is 0 Å². The van der Waals surface area contributed by atoms with Crippen LogP contribution < -0.4 is 0 Å². The molecule has 2 rings (SSSR count). The minimum Gasteiger partial charge on any atom is -0.396 e. The van der Waals surface area contributed by atoms with E-state index < -0.39 is 6.10 Å². The fraction of sp³-hybridized carbons (Fsp3) is 0.714. The van der Waals surface area contributed by atoms with Gasteiger partial charge in [0.15, 0.2) is 0 Å². The molecule has 0 amide bonds. The average molecular weight is 265 g/mol. The highest BCUT2D eigenvalue weighted by molar-refractivity contribution is 5.05. The van der Waals surface area contributed by atoms with E-state index in [1.165, 1.54) is 0 Å². The van der Waals surface area contributed by atoms with E-state index in [-0.39, 0.29) is 12.5 Å². The molecule has 2 heterocycles. The second kappa shape index (κ2) is 6.41. The van der Waals surface area contributed by atoms with Crippen LogP contribution in [0.3, 0.4) is 0 Å². The highest BCUT2D eigenvalue weighted by atomic mass is 16.3. The first-order valence-corrected chi connectivity index (χ1v) is 6.93. The molecule has 1 aromatic heterocycles. The summed E-state index contributed by atoms with van der Waals surface area (Å²) in [7, 11) is 0. The predicted molar refractivity (Wildman–Crippen MR) is 72.6 cm³/mol. The predicted octanol–water partition coefficient (Wildman–Crippen LogP) is 0.775. The molecule has 1 aliphatic heterocycles. The van der Waals surface area contributed by atoms with Crippen LogP contribution in [-0.4, -0.2) is 50.9 Å². The molecule has 5 heteroatoms. The van der Waals surface area contributed by atoms with E-state index in [0.29, 0.717) is 12.5 Å². The molecule has 0 saturated carbocycles. The van der Waals surface area contributed by atoms with E-state index in [1.54, 1.807) is 6.20 Å². The van der Waals surface area contributed by atoms with Crippen LogP contribution >= 0.6 is 0 Å². The van der Waals surface area contributed by atoms with Crippen molar-refractivity contribution in [1.82, 2.24) is 14.9 Å². The summed E-state index contributed by atoms with van der Waals surface area (Å²) in [6.45, 7) is 6.46. The van der Waals surface area contributed by atoms with E-state index in [4.69, 9.17) is 5.11 Å². The lowest BCUT2D eigenvalue weighted by atomic mass is 9.95. The Bertz CT molecular complexity index is 411. The molecule has 1 fully saturated rings. The van der Waals surface area contributed by atoms with Crippen LogP contribution in [0.15, 0.2) is 12.3 Å². The molecule has 0 bridgehead atoms. The highest BCUT2D eigenvalue weighted by Gasteiger charge is 2.27. The minimum absolute atomic E-state index is 0.0212. The van der Waals surface area contributed by atoms with Gasteiger partial charge in [0, 0.05) is 37.7 Å². The number of β-amino-alcohol motifs (C(OH)–C–C–N with tert-alkyl or cyclic N) is 1. The second-order valence-electron chi connectivity index (χ2n) is 5.59. The topological polar surface area (TPSA) is 69.5 Å². The Morgan fingerprint density at radius 2 is 2.26 bits per heavy atom. The van der Waals surface area contributed by atoms with Gasteiger partial charge in [-0.3, -0.25) is 4.90 Å². The normalized spacial score (nSPS) is 24.9. The van der Waals surface area contributed by atoms with Gasteiger partial charge in [-0.25, -0.2) is 9.97 Å². The molecule has 0 aliphatic carbocycles. The van der Waals surface area contributed by atoms with E-state index in [9.17, 15) is 5.11 Å². The standard InChI is InChI=1S/C14H23N3O2/c1-10(2)14-15-5-3-12(16-14)7-17-6-4-11(9-18)13(19)8-17/h3,5,10-11,13,18-19H,4,6-9H2,1-2H3/t11-,13-/m0/s1. The van der Waals surface area contributed by atoms with E-state index in [2.05, 4.69) is 28.7 Å². The number of hydrogen-bond acceptors (Lipinski definition) is 5. The van der Waals surface area contributed by atoms with Crippen molar-refractivity contribution in [1.29, 1.82) is 0 Å². The van der Waals surface area contributed by atoms with Gasteiger partial charge in [0.2, 0.25) is 0 Å². The van der Waals surface area contributed by atoms with Crippen LogP contribution in [0.2, 0.25) is 0 Å². The third-order valence-corrected chi connectivity index (χ3v) is 3.67. The maximum atomic E-state index is 9.93. The fourth-order valence-corrected chi connectivity index (χ4v) is 2.41. The number of aliphatic hydroxyl groups is 2. The van der Waals surface area contributed by atoms with Gasteiger partial charge in [0.05, 0.1) is 11.8 Å². The Hall–Kier alpha value is -1.04. The number of aromatic nitrogens is 2. The van der Waals surface area contributed by atoms with Gasteiger partial charge in [-0.1, -0.05) is 13.8 Å². The van der Waals surface area contributed by atoms with Gasteiger partial charge in [-0.05, 0) is 19.0 Å². The molecule has 0 aromatic carbocycles. The summed E-state index contributed by atoms with van der Waals surface area (Å²) in [6, 6.07) is 1.93. The quantitative estimate of drug-likeness (QED) is 0.842. The summed E-state index contributed by atoms with van der Waals surface area (Å²) < 4.78 is 0. The number of hydrogen-bond donors (Lipinski definition) is 2. The van der Waals surface area contributed by atoms with Crippen LogP contribution in [0.25, 0.3) is 0 Å². The molecule has 2 N–H and O–H groups in total. The van der Waals surface area contributed by atoms with Crippen LogP contribution in [-0.2, 0) is 6.54 Å². The smallest absolute Gasteiger partial charge is 0.131 e. The van der Waals surface area contributed by atoms with E-state index in [1.807, 2.05) is 6.07 Å². The highest BCUT2D eigenvalue weighted by Crippen LogP contribution is 2.19. The Kier molecular flexibility index (Phi) is 4.85. The Labute approximate surface area is 114 Å². The lowest BCUT2D eigenvalue weighted by Gasteiger charge is -2.34. The van der Waals surface area contributed by atoms with Crippen molar-refractivity contribution < 1.29 is 10.2 Å². The molecular formula is C14H23N3O2. The molecule has 106 valence electrons. The molecule has 5 nitrogen and oxygen atoms in total. The first-order chi connectivity index (χ1) is 9.10. The summed E-state index contributed by atoms with van der Waals surface area (Å²) >= 11 is 0. The van der Waals surface area contributed by atoms with Gasteiger partial charge in [0.25, 0.3) is 0 Å². The first-order valence-electron chi connectivity index (χ1n) is 6.93. The second-order valence-corrected chi connectivity index (χ2v) is 5.59. The van der Waals surface area contributed by atoms with E-state index in [0.717, 1.165) is 31.0 Å². The molecule has 1 saturated heterocycles. The molecule has 19 heavy (non-hydrogen) atoms. The van der Waals surface area contributed by atoms with E-state index >= 15 is 0 Å². The molecule has 1 aliphatic rings. The molecule has 2 atom stereocenters. The van der Waals surface area contributed by atoms with Gasteiger partial charge >= 0.3 is 0 Å². The lowest BCUT2D eigenvalue weighted by Crippen LogP contribution is -2.44. The number of piperidine rings is 1. The largest absolute Gasteiger partial charge is 0.396 e. The zero-order chi connectivity index (χ0) is 13.8. The maximum Gasteiger partial charge on any atom is 0.131 e. The molecule has 1 aromatic rings. The van der Waals surface area contributed by atoms with Crippen molar-refractivity contribution in [2.24, 2.45) is 5.92 Å². The third-order valence-electron chi connectivity index (χ3n) is 3.67. The molecule has 0 unspecified atom stereocenters. The minimum atomic E-state index is -0.440. The lowest BCUT2D eigenvalue weighted by molar-refractivity contribution is -0.00481. The Balaban J connectivity index is 1.96. The number of rotatable bonds is 4. The van der Waals surface area contributed by atoms with Crippen molar-refractivity contribution >= 4 is 0 Å². The summed E-state index contributed by atoms with van der Waals surface area (Å²) in [6.07, 6.45) is 2.19. The van der Waals surface area contributed by atoms with Gasteiger partial charge in [0.1, 0.15) is 5.82 Å². The number of aliphatic hydroxyl groups excluding tert-OH is 2. The monoisotopic (exact) mass is 265 g/mol. The summed E-state index contributed by atoms with van der Waals surface area (Å²) in [5, 5.41) is 19.1. The average Bonchev–Trinajstić information content (AvgIpc) is 2.39. The SMILES string of the molecule is CC(C)c1nccc(CN2CC[C@@H](CO)[C@@H](O)C2)n1. The zero-order valence-corrected chi connectivity index (χ0v) is 11.7. The van der Waals surface area contributed by atoms with Crippen molar-refractivity contribution in [2.45, 2.75) is 38.8 Å². The van der Waals surface area contributed by atoms with Crippen LogP contribution in [0.1, 0.15) is 37.7 Å². The fourth-order valence-electron chi connectivity index (χ4n) is 2.41. The van der Waals surface area contributed by atoms with Crippen LogP contribution in [0, 0.1) is 5.92 Å². The van der Waals surface area contributed by atoms with Crippen molar-refractivity contribution in [3.05, 3.63) is 23.8 Å². The van der Waals surface area contributed by atoms with Gasteiger partial charge in [-0.2, -0.15) is 0 Å². The molecule has 0 radical (unpaired) electrons. The Morgan fingerprint density at radius 3 is 2.89 bits per heavy atom. The van der Waals surface area contributed by atoms with Crippen molar-refractivity contribution in [3.8, 4) is 0 Å². The van der Waals surface area contributed by atoms with Crippen molar-refractivity contribution in [3.63, 3.8) is 0 Å². The summed E-state index contributed by atoms with van der Waals surface area (Å²) in [5.74, 6) is 1.21. The van der Waals surface area contributed by atoms with Gasteiger partial charge < -0.3 is 10.2 Å². The molecular weight excluding hydrogens is 242 g/mol. The molecule has 0 spiro atoms. The number of likely N-dealkylation sites (tertiary alicyclic amines) is 1. The maximum absolute atomic E-state index is 9.93. The number of nitrogens with zero attached hydrogens (tertiary/aromatic N) is 3. The van der Waals surface area contributed by atoms with Crippen LogP contribution in [0.5, 0.6) is 0 Å². The third kappa shape index (κ3) is 3.72. The zero-order valence-electron chi connectivity index (χ0n) is 11.7.